The van der Waals surface area contributed by atoms with E-state index in [0.29, 0.717) is 25.4 Å². The molecule has 2 heterocycles. The Balaban J connectivity index is 1.91. The largest absolute Gasteiger partial charge is 0.379 e. The molecule has 11 heteroatoms. The zero-order valence-electron chi connectivity index (χ0n) is 14.5. The molecule has 3 rings (SSSR count). The summed E-state index contributed by atoms with van der Waals surface area (Å²) in [5.41, 5.74) is 1.14. The van der Waals surface area contributed by atoms with Crippen LogP contribution in [-0.4, -0.2) is 51.0 Å². The van der Waals surface area contributed by atoms with Gasteiger partial charge in [0.1, 0.15) is 5.69 Å². The summed E-state index contributed by atoms with van der Waals surface area (Å²) in [6.07, 6.45) is 0. The lowest BCUT2D eigenvalue weighted by molar-refractivity contribution is -0.384. The van der Waals surface area contributed by atoms with Gasteiger partial charge in [0, 0.05) is 32.7 Å². The van der Waals surface area contributed by atoms with Crippen molar-refractivity contribution in [2.75, 3.05) is 38.3 Å². The molecule has 2 aromatic rings. The zero-order chi connectivity index (χ0) is 19.6. The van der Waals surface area contributed by atoms with Crippen LogP contribution in [0.25, 0.3) is 0 Å². The molecular weight excluding hydrogens is 458 g/mol. The minimum absolute atomic E-state index is 0.0773. The topological polar surface area (TPSA) is 93.0 Å². The van der Waals surface area contributed by atoms with Crippen LogP contribution in [0.4, 0.5) is 11.4 Å². The summed E-state index contributed by atoms with van der Waals surface area (Å²) in [5, 5.41) is 13.5. The highest BCUT2D eigenvalue weighted by atomic mass is 79.9. The number of hydrogen-bond acceptors (Lipinski definition) is 7. The van der Waals surface area contributed by atoms with Crippen LogP contribution in [0.3, 0.4) is 0 Å². The minimum Gasteiger partial charge on any atom is -0.379 e. The highest BCUT2D eigenvalue weighted by molar-refractivity contribution is 9.11. The van der Waals surface area contributed by atoms with Crippen molar-refractivity contribution in [1.29, 1.82) is 0 Å². The first-order valence-electron chi connectivity index (χ1n) is 8.09. The number of sulfonamides is 1. The van der Waals surface area contributed by atoms with Crippen LogP contribution in [0.2, 0.25) is 0 Å². The Labute approximate surface area is 169 Å². The number of rotatable bonds is 6. The fraction of sp³-hybridized carbons (Fsp3) is 0.375. The van der Waals surface area contributed by atoms with E-state index >= 15 is 0 Å². The molecule has 1 aliphatic heterocycles. The standard InChI is InChI=1S/C16H18BrN3O5S2/c1-18(10-12-8-16(17)26-11-12)14-3-2-13(9-15(14)20(21)22)27(23,24)19-4-6-25-7-5-19/h2-3,8-9,11H,4-7,10H2,1H3. The van der Waals surface area contributed by atoms with Crippen LogP contribution in [0, 0.1) is 10.1 Å². The molecule has 1 fully saturated rings. The maximum atomic E-state index is 12.8. The average molecular weight is 476 g/mol. The van der Waals surface area contributed by atoms with E-state index in [9.17, 15) is 18.5 Å². The summed E-state index contributed by atoms with van der Waals surface area (Å²) >= 11 is 4.93. The smallest absolute Gasteiger partial charge is 0.293 e. The molecule has 0 saturated carbocycles. The van der Waals surface area contributed by atoms with Gasteiger partial charge in [0.15, 0.2) is 0 Å². The third-order valence-corrected chi connectivity index (χ3v) is 7.65. The molecule has 0 unspecified atom stereocenters. The van der Waals surface area contributed by atoms with E-state index < -0.39 is 14.9 Å². The van der Waals surface area contributed by atoms with E-state index in [4.69, 9.17) is 4.74 Å². The first kappa shape index (κ1) is 20.2. The Morgan fingerprint density at radius 2 is 2.04 bits per heavy atom. The number of ether oxygens (including phenoxy) is 1. The van der Waals surface area contributed by atoms with Gasteiger partial charge in [-0.25, -0.2) is 8.42 Å². The Bertz CT molecular complexity index is 941. The van der Waals surface area contributed by atoms with Gasteiger partial charge in [-0.2, -0.15) is 4.31 Å². The summed E-state index contributed by atoms with van der Waals surface area (Å²) in [6, 6.07) is 6.00. The van der Waals surface area contributed by atoms with Crippen molar-refractivity contribution in [2.45, 2.75) is 11.4 Å². The number of nitro groups is 1. The van der Waals surface area contributed by atoms with E-state index in [1.165, 1.54) is 27.8 Å². The Morgan fingerprint density at radius 1 is 1.33 bits per heavy atom. The van der Waals surface area contributed by atoms with Crippen LogP contribution in [0.5, 0.6) is 0 Å². The fourth-order valence-corrected chi connectivity index (χ4v) is 5.49. The molecule has 8 nitrogen and oxygen atoms in total. The molecule has 27 heavy (non-hydrogen) atoms. The van der Waals surface area contributed by atoms with E-state index in [1.54, 1.807) is 11.9 Å². The summed E-state index contributed by atoms with van der Waals surface area (Å²) in [6.45, 7) is 1.59. The van der Waals surface area contributed by atoms with Crippen LogP contribution in [0.15, 0.2) is 38.3 Å². The summed E-state index contributed by atoms with van der Waals surface area (Å²) in [5.74, 6) is 0. The molecule has 0 atom stereocenters. The predicted molar refractivity (Wildman–Crippen MR) is 107 cm³/mol. The van der Waals surface area contributed by atoms with Crippen molar-refractivity contribution in [3.63, 3.8) is 0 Å². The van der Waals surface area contributed by atoms with E-state index in [1.807, 2.05) is 11.4 Å². The first-order valence-corrected chi connectivity index (χ1v) is 11.2. The highest BCUT2D eigenvalue weighted by Crippen LogP contribution is 2.33. The quantitative estimate of drug-likeness (QED) is 0.470. The molecule has 0 aliphatic carbocycles. The number of halogens is 1. The highest BCUT2D eigenvalue weighted by Gasteiger charge is 2.29. The van der Waals surface area contributed by atoms with Gasteiger partial charge in [0.25, 0.3) is 5.69 Å². The van der Waals surface area contributed by atoms with Gasteiger partial charge in [-0.3, -0.25) is 10.1 Å². The van der Waals surface area contributed by atoms with Gasteiger partial charge < -0.3 is 9.64 Å². The number of benzene rings is 1. The van der Waals surface area contributed by atoms with Gasteiger partial charge in [-0.15, -0.1) is 11.3 Å². The van der Waals surface area contributed by atoms with Crippen molar-refractivity contribution in [1.82, 2.24) is 4.31 Å². The number of anilines is 1. The molecule has 0 bridgehead atoms. The number of nitro benzene ring substituents is 1. The van der Waals surface area contributed by atoms with Crippen LogP contribution >= 0.6 is 27.3 Å². The second-order valence-corrected chi connectivity index (χ2v) is 10.3. The van der Waals surface area contributed by atoms with Crippen molar-refractivity contribution >= 4 is 48.7 Å². The molecule has 1 saturated heterocycles. The SMILES string of the molecule is CN(Cc1csc(Br)c1)c1ccc(S(=O)(=O)N2CCOCC2)cc1[N+](=O)[O-]. The van der Waals surface area contributed by atoms with E-state index in [2.05, 4.69) is 15.9 Å². The Hall–Kier alpha value is -1.53. The van der Waals surface area contributed by atoms with Gasteiger partial charge in [0.05, 0.1) is 26.8 Å². The number of thiophene rings is 1. The molecule has 0 amide bonds. The van der Waals surface area contributed by atoms with Gasteiger partial charge in [-0.1, -0.05) is 0 Å². The summed E-state index contributed by atoms with van der Waals surface area (Å²) in [7, 11) is -2.05. The second-order valence-electron chi connectivity index (χ2n) is 6.04. The zero-order valence-corrected chi connectivity index (χ0v) is 17.7. The Kier molecular flexibility index (Phi) is 6.16. The van der Waals surface area contributed by atoms with Crippen molar-refractivity contribution in [3.05, 3.63) is 49.1 Å². The minimum atomic E-state index is -3.79. The molecular formula is C16H18BrN3O5S2. The number of nitrogens with zero attached hydrogens (tertiary/aromatic N) is 3. The third-order valence-electron chi connectivity index (χ3n) is 4.20. The van der Waals surface area contributed by atoms with Crippen LogP contribution in [0.1, 0.15) is 5.56 Å². The lowest BCUT2D eigenvalue weighted by Crippen LogP contribution is -2.40. The molecule has 0 radical (unpaired) electrons. The maximum Gasteiger partial charge on any atom is 0.293 e. The first-order chi connectivity index (χ1) is 12.8. The molecule has 1 aromatic carbocycles. The predicted octanol–water partition coefficient (Wildman–Crippen LogP) is 3.08. The fourth-order valence-electron chi connectivity index (χ4n) is 2.86. The summed E-state index contributed by atoms with van der Waals surface area (Å²) in [4.78, 5) is 12.7. The second kappa shape index (κ2) is 8.23. The lowest BCUT2D eigenvalue weighted by atomic mass is 10.2. The van der Waals surface area contributed by atoms with Crippen molar-refractivity contribution in [2.24, 2.45) is 0 Å². The average Bonchev–Trinajstić information content (AvgIpc) is 3.06. The van der Waals surface area contributed by atoms with Gasteiger partial charge in [-0.05, 0) is 45.1 Å². The van der Waals surface area contributed by atoms with Crippen molar-refractivity contribution in [3.8, 4) is 0 Å². The summed E-state index contributed by atoms with van der Waals surface area (Å²) < 4.78 is 33.0. The Morgan fingerprint density at radius 3 is 2.63 bits per heavy atom. The molecule has 146 valence electrons. The monoisotopic (exact) mass is 475 g/mol. The third kappa shape index (κ3) is 4.49. The van der Waals surface area contributed by atoms with Gasteiger partial charge >= 0.3 is 0 Å². The number of morpholine rings is 1. The van der Waals surface area contributed by atoms with Gasteiger partial charge in [0.2, 0.25) is 10.0 Å². The van der Waals surface area contributed by atoms with E-state index in [0.717, 1.165) is 15.4 Å². The molecule has 0 N–H and O–H groups in total. The number of hydrogen-bond donors (Lipinski definition) is 0. The molecule has 0 spiro atoms. The van der Waals surface area contributed by atoms with Crippen LogP contribution < -0.4 is 4.90 Å². The van der Waals surface area contributed by atoms with Crippen molar-refractivity contribution < 1.29 is 18.1 Å². The van der Waals surface area contributed by atoms with Crippen LogP contribution in [-0.2, 0) is 21.3 Å². The molecule has 1 aromatic heterocycles. The normalized spacial score (nSPS) is 15.6. The molecule has 1 aliphatic rings. The lowest BCUT2D eigenvalue weighted by Gasteiger charge is -2.26. The maximum absolute atomic E-state index is 12.8. The van der Waals surface area contributed by atoms with E-state index in [-0.39, 0.29) is 23.7 Å².